The number of nitrogens with zero attached hydrogens (tertiary/aromatic N) is 2. The second-order valence-electron chi connectivity index (χ2n) is 5.25. The van der Waals surface area contributed by atoms with Crippen LogP contribution in [0.1, 0.15) is 36.5 Å². The van der Waals surface area contributed by atoms with Crippen molar-refractivity contribution in [2.24, 2.45) is 0 Å². The number of rotatable bonds is 6. The van der Waals surface area contributed by atoms with Crippen LogP contribution in [0.2, 0.25) is 0 Å². The zero-order chi connectivity index (χ0) is 18.3. The van der Waals surface area contributed by atoms with E-state index in [1.54, 1.807) is 0 Å². The van der Waals surface area contributed by atoms with E-state index in [4.69, 9.17) is 0 Å². The molecule has 134 valence electrons. The smallest absolute Gasteiger partial charge is 0.465 e. The average molecular weight is 346 g/mol. The molecule has 0 aromatic heterocycles. The second kappa shape index (κ2) is 8.56. The lowest BCUT2D eigenvalue weighted by Gasteiger charge is -2.29. The van der Waals surface area contributed by atoms with Gasteiger partial charge in [0.15, 0.2) is 0 Å². The summed E-state index contributed by atoms with van der Waals surface area (Å²) in [4.78, 5) is 24.3. The van der Waals surface area contributed by atoms with Crippen LogP contribution in [0, 0.1) is 0 Å². The summed E-state index contributed by atoms with van der Waals surface area (Å²) < 4.78 is 44.4. The molecule has 1 aromatic rings. The largest absolute Gasteiger partial charge is 0.493 e. The topological polar surface area (TPSA) is 49.9 Å². The normalized spacial score (nSPS) is 11.1. The number of amides is 2. The van der Waals surface area contributed by atoms with Gasteiger partial charge in [0.25, 0.3) is 0 Å². The lowest BCUT2D eigenvalue weighted by molar-refractivity contribution is -0.122. The molecule has 0 saturated carbocycles. The summed E-state index contributed by atoms with van der Waals surface area (Å²) >= 11 is 0. The standard InChI is InChI=1S/C16H21F3N2O3/c1-4-5-6-11-20(2)15(23)21(16(17,18)19)13-9-7-12(8-10-13)14(22)24-3/h7-10H,4-6,11H2,1-3H3. The van der Waals surface area contributed by atoms with Gasteiger partial charge in [0.05, 0.1) is 18.4 Å². The van der Waals surface area contributed by atoms with E-state index in [-0.39, 0.29) is 22.7 Å². The maximum Gasteiger partial charge on any atom is 0.493 e. The Balaban J connectivity index is 3.01. The number of anilines is 1. The number of unbranched alkanes of at least 4 members (excludes halogenated alkanes) is 2. The molecule has 0 aliphatic rings. The maximum absolute atomic E-state index is 13.3. The highest BCUT2D eigenvalue weighted by Gasteiger charge is 2.43. The van der Waals surface area contributed by atoms with E-state index in [9.17, 15) is 22.8 Å². The van der Waals surface area contributed by atoms with Crippen LogP contribution < -0.4 is 4.90 Å². The van der Waals surface area contributed by atoms with E-state index in [1.807, 2.05) is 6.92 Å². The molecule has 2 amide bonds. The first-order chi connectivity index (χ1) is 11.2. The molecule has 8 heteroatoms. The van der Waals surface area contributed by atoms with E-state index < -0.39 is 18.3 Å². The number of benzene rings is 1. The Kier molecular flexibility index (Phi) is 7.06. The van der Waals surface area contributed by atoms with Gasteiger partial charge in [-0.2, -0.15) is 0 Å². The second-order valence-corrected chi connectivity index (χ2v) is 5.25. The molecule has 5 nitrogen and oxygen atoms in total. The summed E-state index contributed by atoms with van der Waals surface area (Å²) in [6.45, 7) is 2.20. The van der Waals surface area contributed by atoms with Gasteiger partial charge >= 0.3 is 18.3 Å². The molecule has 0 aliphatic heterocycles. The Morgan fingerprint density at radius 1 is 1.12 bits per heavy atom. The van der Waals surface area contributed by atoms with E-state index in [2.05, 4.69) is 4.74 Å². The third-order valence-corrected chi connectivity index (χ3v) is 3.42. The van der Waals surface area contributed by atoms with Gasteiger partial charge in [-0.3, -0.25) is 0 Å². The highest BCUT2D eigenvalue weighted by molar-refractivity contribution is 5.94. The summed E-state index contributed by atoms with van der Waals surface area (Å²) in [5.74, 6) is -0.664. The first-order valence-corrected chi connectivity index (χ1v) is 7.52. The Bertz CT molecular complexity index is 559. The molecule has 0 bridgehead atoms. The van der Waals surface area contributed by atoms with E-state index >= 15 is 0 Å². The number of hydrogen-bond donors (Lipinski definition) is 0. The molecule has 0 N–H and O–H groups in total. The summed E-state index contributed by atoms with van der Waals surface area (Å²) in [5.41, 5.74) is -0.255. The Morgan fingerprint density at radius 3 is 2.17 bits per heavy atom. The maximum atomic E-state index is 13.3. The summed E-state index contributed by atoms with van der Waals surface area (Å²) in [5, 5.41) is 0. The molecular weight excluding hydrogens is 325 g/mol. The fraction of sp³-hybridized carbons (Fsp3) is 0.500. The molecule has 0 atom stereocenters. The summed E-state index contributed by atoms with van der Waals surface area (Å²) in [6.07, 6.45) is -2.51. The minimum absolute atomic E-state index is 0.104. The number of ether oxygens (including phenoxy) is 1. The van der Waals surface area contributed by atoms with Gasteiger partial charge in [0, 0.05) is 13.6 Å². The monoisotopic (exact) mass is 346 g/mol. The highest BCUT2D eigenvalue weighted by Crippen LogP contribution is 2.30. The van der Waals surface area contributed by atoms with Crippen LogP contribution in [0.3, 0.4) is 0 Å². The van der Waals surface area contributed by atoms with Crippen molar-refractivity contribution in [1.82, 2.24) is 4.90 Å². The minimum atomic E-state index is -4.87. The molecule has 1 aromatic carbocycles. The third kappa shape index (κ3) is 5.14. The SMILES string of the molecule is CCCCCN(C)C(=O)N(c1ccc(C(=O)OC)cc1)C(F)(F)F. The Hall–Kier alpha value is -2.25. The molecule has 0 aliphatic carbocycles. The number of alkyl halides is 3. The molecule has 0 saturated heterocycles. The third-order valence-electron chi connectivity index (χ3n) is 3.42. The van der Waals surface area contributed by atoms with Crippen molar-refractivity contribution in [2.75, 3.05) is 25.6 Å². The van der Waals surface area contributed by atoms with Gasteiger partial charge in [0.2, 0.25) is 0 Å². The van der Waals surface area contributed by atoms with Crippen LogP contribution in [-0.2, 0) is 4.74 Å². The van der Waals surface area contributed by atoms with E-state index in [0.717, 1.165) is 29.9 Å². The molecular formula is C16H21F3N2O3. The van der Waals surface area contributed by atoms with E-state index in [1.165, 1.54) is 26.3 Å². The fourth-order valence-corrected chi connectivity index (χ4v) is 2.10. The van der Waals surface area contributed by atoms with Gasteiger partial charge in [0.1, 0.15) is 0 Å². The van der Waals surface area contributed by atoms with Crippen LogP contribution in [0.4, 0.5) is 23.7 Å². The molecule has 0 fully saturated rings. The number of urea groups is 1. The van der Waals surface area contributed by atoms with Crippen molar-refractivity contribution in [3.63, 3.8) is 0 Å². The van der Waals surface area contributed by atoms with Crippen LogP contribution in [-0.4, -0.2) is 43.9 Å². The molecule has 1 rings (SSSR count). The molecule has 0 spiro atoms. The lowest BCUT2D eigenvalue weighted by atomic mass is 10.2. The van der Waals surface area contributed by atoms with Gasteiger partial charge < -0.3 is 9.64 Å². The average Bonchev–Trinajstić information content (AvgIpc) is 2.53. The van der Waals surface area contributed by atoms with Gasteiger partial charge in [-0.1, -0.05) is 19.8 Å². The van der Waals surface area contributed by atoms with Crippen molar-refractivity contribution in [3.05, 3.63) is 29.8 Å². The summed E-state index contributed by atoms with van der Waals surface area (Å²) in [6, 6.07) is 3.34. The van der Waals surface area contributed by atoms with Crippen LogP contribution in [0.5, 0.6) is 0 Å². The van der Waals surface area contributed by atoms with Crippen molar-refractivity contribution in [3.8, 4) is 0 Å². The number of carbonyl (C=O) groups excluding carboxylic acids is 2. The number of carbonyl (C=O) groups is 2. The molecule has 0 heterocycles. The molecule has 0 unspecified atom stereocenters. The van der Waals surface area contributed by atoms with Crippen molar-refractivity contribution in [2.45, 2.75) is 32.5 Å². The van der Waals surface area contributed by atoms with Crippen molar-refractivity contribution in [1.29, 1.82) is 0 Å². The van der Waals surface area contributed by atoms with E-state index in [0.29, 0.717) is 6.42 Å². The predicted molar refractivity (Wildman–Crippen MR) is 83.9 cm³/mol. The minimum Gasteiger partial charge on any atom is -0.465 e. The first kappa shape index (κ1) is 19.8. The summed E-state index contributed by atoms with van der Waals surface area (Å²) in [7, 11) is 2.51. The van der Waals surface area contributed by atoms with Crippen LogP contribution in [0.25, 0.3) is 0 Å². The zero-order valence-corrected chi connectivity index (χ0v) is 13.9. The number of halogens is 3. The number of esters is 1. The molecule has 24 heavy (non-hydrogen) atoms. The van der Waals surface area contributed by atoms with Crippen molar-refractivity contribution >= 4 is 17.7 Å². The van der Waals surface area contributed by atoms with Gasteiger partial charge in [-0.05, 0) is 30.7 Å². The molecule has 0 radical (unpaired) electrons. The van der Waals surface area contributed by atoms with Crippen molar-refractivity contribution < 1.29 is 27.5 Å². The lowest BCUT2D eigenvalue weighted by Crippen LogP contribution is -2.49. The predicted octanol–water partition coefficient (Wildman–Crippen LogP) is 4.04. The first-order valence-electron chi connectivity index (χ1n) is 7.52. The Labute approximate surface area is 139 Å². The van der Waals surface area contributed by atoms with Gasteiger partial charge in [-0.15, -0.1) is 13.2 Å². The number of hydrogen-bond acceptors (Lipinski definition) is 3. The highest BCUT2D eigenvalue weighted by atomic mass is 19.4. The fourth-order valence-electron chi connectivity index (χ4n) is 2.10. The van der Waals surface area contributed by atoms with Gasteiger partial charge in [-0.25, -0.2) is 14.5 Å². The number of methoxy groups -OCH3 is 1. The van der Waals surface area contributed by atoms with Crippen LogP contribution in [0.15, 0.2) is 24.3 Å². The zero-order valence-electron chi connectivity index (χ0n) is 13.9. The van der Waals surface area contributed by atoms with Crippen LogP contribution >= 0.6 is 0 Å². The quantitative estimate of drug-likeness (QED) is 0.444. The Morgan fingerprint density at radius 2 is 1.71 bits per heavy atom.